The highest BCUT2D eigenvalue weighted by Gasteiger charge is 2.39. The lowest BCUT2D eigenvalue weighted by molar-refractivity contribution is -0.141. The van der Waals surface area contributed by atoms with E-state index in [0.717, 1.165) is 18.5 Å². The number of hydrogen-bond donors (Lipinski definition) is 3. The van der Waals surface area contributed by atoms with E-state index in [2.05, 4.69) is 25.7 Å². The largest absolute Gasteiger partial charge is 0.435 e. The number of aromatic amines is 2. The van der Waals surface area contributed by atoms with E-state index in [-0.39, 0.29) is 12.2 Å². The number of aromatic nitrogens is 4. The van der Waals surface area contributed by atoms with Gasteiger partial charge < -0.3 is 5.32 Å². The van der Waals surface area contributed by atoms with Gasteiger partial charge in [0.05, 0.1) is 23.5 Å². The van der Waals surface area contributed by atoms with Gasteiger partial charge in [0.2, 0.25) is 0 Å². The number of nitrogens with zero attached hydrogens (tertiary/aromatic N) is 2. The third-order valence-corrected chi connectivity index (χ3v) is 4.06. The number of alkyl halides is 3. The average molecular weight is 327 g/mol. The van der Waals surface area contributed by atoms with Gasteiger partial charge in [0.15, 0.2) is 5.69 Å². The zero-order valence-electron chi connectivity index (χ0n) is 12.4. The molecular formula is C14H16F3N5O. The minimum absolute atomic E-state index is 0.0783. The Labute approximate surface area is 129 Å². The van der Waals surface area contributed by atoms with Crippen LogP contribution in [0, 0.1) is 6.92 Å². The number of hydrogen-bond acceptors (Lipinski definition) is 3. The third-order valence-electron chi connectivity index (χ3n) is 4.06. The number of aryl methyl sites for hydroxylation is 1. The fraction of sp³-hybridized carbons (Fsp3) is 0.500. The number of halogens is 3. The van der Waals surface area contributed by atoms with Crippen molar-refractivity contribution in [2.45, 2.75) is 44.8 Å². The van der Waals surface area contributed by atoms with Crippen LogP contribution >= 0.6 is 0 Å². The van der Waals surface area contributed by atoms with Gasteiger partial charge in [-0.15, -0.1) is 0 Å². The highest BCUT2D eigenvalue weighted by Crippen LogP contribution is 2.35. The van der Waals surface area contributed by atoms with Gasteiger partial charge in [-0.1, -0.05) is 6.42 Å². The van der Waals surface area contributed by atoms with Gasteiger partial charge >= 0.3 is 6.18 Å². The summed E-state index contributed by atoms with van der Waals surface area (Å²) in [6.07, 6.45) is -1.30. The molecule has 0 atom stereocenters. The molecule has 3 rings (SSSR count). The van der Waals surface area contributed by atoms with Crippen molar-refractivity contribution >= 4 is 5.91 Å². The van der Waals surface area contributed by atoms with Crippen LogP contribution in [0.1, 0.15) is 58.3 Å². The molecule has 23 heavy (non-hydrogen) atoms. The first-order valence-corrected chi connectivity index (χ1v) is 7.31. The zero-order chi connectivity index (χ0) is 16.6. The number of H-pyrrole nitrogens is 2. The Balaban J connectivity index is 1.68. The van der Waals surface area contributed by atoms with Gasteiger partial charge in [0.25, 0.3) is 5.91 Å². The molecule has 1 aliphatic rings. The normalized spacial score (nSPS) is 15.5. The Hall–Kier alpha value is -2.32. The quantitative estimate of drug-likeness (QED) is 0.807. The second-order valence-corrected chi connectivity index (χ2v) is 5.70. The minimum Gasteiger partial charge on any atom is -0.346 e. The molecule has 0 bridgehead atoms. The van der Waals surface area contributed by atoms with Gasteiger partial charge in [-0.3, -0.25) is 15.0 Å². The van der Waals surface area contributed by atoms with E-state index < -0.39 is 23.3 Å². The van der Waals surface area contributed by atoms with Crippen molar-refractivity contribution in [3.63, 3.8) is 0 Å². The number of rotatable bonds is 4. The lowest BCUT2D eigenvalue weighted by Crippen LogP contribution is -2.26. The van der Waals surface area contributed by atoms with E-state index in [1.807, 2.05) is 6.07 Å². The van der Waals surface area contributed by atoms with Crippen LogP contribution in [0.4, 0.5) is 13.2 Å². The molecule has 0 radical (unpaired) electrons. The molecule has 6 nitrogen and oxygen atoms in total. The third kappa shape index (κ3) is 3.08. The van der Waals surface area contributed by atoms with Crippen LogP contribution in [0.5, 0.6) is 0 Å². The molecular weight excluding hydrogens is 311 g/mol. The van der Waals surface area contributed by atoms with E-state index in [0.29, 0.717) is 11.6 Å². The summed E-state index contributed by atoms with van der Waals surface area (Å²) in [6.45, 7) is 1.46. The summed E-state index contributed by atoms with van der Waals surface area (Å²) in [7, 11) is 0. The molecule has 3 N–H and O–H groups in total. The van der Waals surface area contributed by atoms with Crippen LogP contribution in [0.3, 0.4) is 0 Å². The summed E-state index contributed by atoms with van der Waals surface area (Å²) in [4.78, 5) is 12.1. The molecule has 124 valence electrons. The summed E-state index contributed by atoms with van der Waals surface area (Å²) in [5.41, 5.74) is 0.00372. The topological polar surface area (TPSA) is 86.5 Å². The minimum atomic E-state index is -4.68. The summed E-state index contributed by atoms with van der Waals surface area (Å²) in [6, 6.07) is 1.84. The van der Waals surface area contributed by atoms with Gasteiger partial charge in [0, 0.05) is 11.6 Å². The van der Waals surface area contributed by atoms with E-state index in [1.165, 1.54) is 13.3 Å². The van der Waals surface area contributed by atoms with Crippen molar-refractivity contribution < 1.29 is 18.0 Å². The molecule has 2 heterocycles. The molecule has 1 aliphatic carbocycles. The number of carbonyl (C=O) groups excluding carboxylic acids is 1. The summed E-state index contributed by atoms with van der Waals surface area (Å²) in [5, 5.41) is 14.8. The second kappa shape index (κ2) is 5.71. The van der Waals surface area contributed by atoms with Gasteiger partial charge in [0.1, 0.15) is 0 Å². The van der Waals surface area contributed by atoms with Crippen LogP contribution in [-0.4, -0.2) is 26.3 Å². The van der Waals surface area contributed by atoms with Crippen molar-refractivity contribution in [2.24, 2.45) is 0 Å². The first kappa shape index (κ1) is 15.6. The maximum absolute atomic E-state index is 12.8. The van der Waals surface area contributed by atoms with E-state index in [1.54, 1.807) is 0 Å². The molecule has 2 aromatic heterocycles. The lowest BCUT2D eigenvalue weighted by Gasteiger charge is -2.22. The van der Waals surface area contributed by atoms with E-state index in [4.69, 9.17) is 0 Å². The summed E-state index contributed by atoms with van der Waals surface area (Å²) >= 11 is 0. The molecule has 0 aromatic carbocycles. The Morgan fingerprint density at radius 2 is 2.09 bits per heavy atom. The SMILES string of the molecule is Cc1[nH]nc(C(F)(F)F)c1C(=O)NCc1cc(C2CCC2)n[nH]1. The molecule has 0 unspecified atom stereocenters. The Bertz CT molecular complexity index is 714. The maximum Gasteiger partial charge on any atom is 0.435 e. The van der Waals surface area contributed by atoms with Crippen LogP contribution in [0.2, 0.25) is 0 Å². The second-order valence-electron chi connectivity index (χ2n) is 5.70. The van der Waals surface area contributed by atoms with Crippen molar-refractivity contribution in [2.75, 3.05) is 0 Å². The van der Waals surface area contributed by atoms with Gasteiger partial charge in [-0.05, 0) is 25.8 Å². The Kier molecular flexibility index (Phi) is 3.87. The Morgan fingerprint density at radius 1 is 1.35 bits per heavy atom. The van der Waals surface area contributed by atoms with Crippen LogP contribution < -0.4 is 5.32 Å². The van der Waals surface area contributed by atoms with Crippen molar-refractivity contribution in [3.8, 4) is 0 Å². The molecule has 1 fully saturated rings. The molecule has 0 saturated heterocycles. The Morgan fingerprint density at radius 3 is 2.70 bits per heavy atom. The number of nitrogens with one attached hydrogen (secondary N) is 3. The van der Waals surface area contributed by atoms with Gasteiger partial charge in [-0.2, -0.15) is 23.4 Å². The fourth-order valence-corrected chi connectivity index (χ4v) is 2.56. The molecule has 1 amide bonds. The molecule has 1 saturated carbocycles. The average Bonchev–Trinajstić information content (AvgIpc) is 3.00. The van der Waals surface area contributed by atoms with Gasteiger partial charge in [-0.25, -0.2) is 0 Å². The van der Waals surface area contributed by atoms with Crippen LogP contribution in [0.25, 0.3) is 0 Å². The standard InChI is InChI=1S/C14H16F3N5O/c1-7-11(12(22-19-7)14(15,16)17)13(23)18-6-9-5-10(21-20-9)8-3-2-4-8/h5,8H,2-4,6H2,1H3,(H,18,23)(H,19,22)(H,20,21). The monoisotopic (exact) mass is 327 g/mol. The highest BCUT2D eigenvalue weighted by atomic mass is 19.4. The van der Waals surface area contributed by atoms with Crippen LogP contribution in [0.15, 0.2) is 6.07 Å². The predicted molar refractivity (Wildman–Crippen MR) is 74.7 cm³/mol. The number of amides is 1. The first-order chi connectivity index (χ1) is 10.9. The molecule has 2 aromatic rings. The summed E-state index contributed by atoms with van der Waals surface area (Å²) in [5.74, 6) is -0.368. The maximum atomic E-state index is 12.8. The van der Waals surface area contributed by atoms with Crippen molar-refractivity contribution in [3.05, 3.63) is 34.4 Å². The molecule has 0 spiro atoms. The fourth-order valence-electron chi connectivity index (χ4n) is 2.56. The van der Waals surface area contributed by atoms with Crippen molar-refractivity contribution in [1.29, 1.82) is 0 Å². The predicted octanol–water partition coefficient (Wildman–Crippen LogP) is 2.66. The lowest BCUT2D eigenvalue weighted by atomic mass is 9.83. The smallest absolute Gasteiger partial charge is 0.346 e. The highest BCUT2D eigenvalue weighted by molar-refractivity contribution is 5.96. The van der Waals surface area contributed by atoms with Crippen LogP contribution in [-0.2, 0) is 12.7 Å². The zero-order valence-corrected chi connectivity index (χ0v) is 12.4. The first-order valence-electron chi connectivity index (χ1n) is 7.31. The summed E-state index contributed by atoms with van der Waals surface area (Å²) < 4.78 is 38.5. The molecule has 9 heteroatoms. The molecule has 0 aliphatic heterocycles. The van der Waals surface area contributed by atoms with Crippen molar-refractivity contribution in [1.82, 2.24) is 25.7 Å². The van der Waals surface area contributed by atoms with E-state index >= 15 is 0 Å². The van der Waals surface area contributed by atoms with E-state index in [9.17, 15) is 18.0 Å². The number of carbonyl (C=O) groups is 1.